The van der Waals surface area contributed by atoms with Gasteiger partial charge in [-0.15, -0.1) is 11.3 Å². The Kier molecular flexibility index (Phi) is 4.95. The van der Waals surface area contributed by atoms with Crippen LogP contribution in [0.1, 0.15) is 4.88 Å². The summed E-state index contributed by atoms with van der Waals surface area (Å²) in [5.41, 5.74) is -0.101. The Labute approximate surface area is 131 Å². The number of nitro benzene ring substituents is 1. The van der Waals surface area contributed by atoms with Gasteiger partial charge in [0.05, 0.1) is 13.7 Å². The van der Waals surface area contributed by atoms with Crippen molar-refractivity contribution < 1.29 is 9.31 Å². The largest absolute Gasteiger partial charge is 0.379 e. The topological polar surface area (TPSA) is 55.2 Å². The lowest BCUT2D eigenvalue weighted by Crippen LogP contribution is -2.06. The van der Waals surface area contributed by atoms with Crippen LogP contribution in [-0.4, -0.2) is 11.5 Å². The third-order valence-corrected chi connectivity index (χ3v) is 4.52. The molecule has 1 aromatic heterocycles. The molecule has 0 saturated heterocycles. The molecule has 0 amide bonds. The quantitative estimate of drug-likeness (QED) is 0.596. The molecule has 0 saturated carbocycles. The molecule has 0 fully saturated rings. The van der Waals surface area contributed by atoms with Crippen LogP contribution >= 0.6 is 38.9 Å². The van der Waals surface area contributed by atoms with Gasteiger partial charge < -0.3 is 5.32 Å². The Hall–Kier alpha value is -1.18. The zero-order chi connectivity index (χ0) is 14.7. The molecule has 2 rings (SSSR count). The van der Waals surface area contributed by atoms with Gasteiger partial charge in [-0.05, 0) is 34.5 Å². The molecule has 1 N–H and O–H groups in total. The van der Waals surface area contributed by atoms with Crippen LogP contribution in [0.4, 0.5) is 15.8 Å². The van der Waals surface area contributed by atoms with E-state index in [1.54, 1.807) is 11.3 Å². The number of hydrogen-bond acceptors (Lipinski definition) is 4. The van der Waals surface area contributed by atoms with E-state index in [4.69, 9.17) is 11.6 Å². The first-order valence-corrected chi connectivity index (χ1v) is 7.57. The average Bonchev–Trinajstić information content (AvgIpc) is 2.79. The fourth-order valence-corrected chi connectivity index (χ4v) is 3.28. The van der Waals surface area contributed by atoms with Crippen LogP contribution in [0.15, 0.2) is 28.1 Å². The minimum absolute atomic E-state index is 0.132. The normalized spacial score (nSPS) is 10.6. The second kappa shape index (κ2) is 6.51. The predicted octanol–water partition coefficient (Wildman–Crippen LogP) is 4.87. The van der Waals surface area contributed by atoms with Crippen molar-refractivity contribution in [1.29, 1.82) is 0 Å². The Morgan fingerprint density at radius 2 is 2.20 bits per heavy atom. The molecule has 4 nitrogen and oxygen atoms in total. The highest BCUT2D eigenvalue weighted by Gasteiger charge is 2.17. The molecule has 0 unspecified atom stereocenters. The fourth-order valence-electron chi connectivity index (χ4n) is 1.64. The molecule has 0 aliphatic carbocycles. The lowest BCUT2D eigenvalue weighted by Gasteiger charge is -2.07. The Bertz CT molecular complexity index is 650. The molecule has 8 heteroatoms. The van der Waals surface area contributed by atoms with Gasteiger partial charge in [0.15, 0.2) is 0 Å². The number of thiophene rings is 1. The fraction of sp³-hybridized carbons (Fsp3) is 0.167. The summed E-state index contributed by atoms with van der Waals surface area (Å²) in [6, 6.07) is 5.96. The molecular weight excluding hydrogens is 371 g/mol. The van der Waals surface area contributed by atoms with E-state index in [-0.39, 0.29) is 16.4 Å². The second-order valence-corrected chi connectivity index (χ2v) is 6.88. The Morgan fingerprint density at radius 1 is 1.45 bits per heavy atom. The van der Waals surface area contributed by atoms with E-state index < -0.39 is 10.7 Å². The first kappa shape index (κ1) is 15.2. The molecule has 1 aromatic carbocycles. The first-order chi connectivity index (χ1) is 9.47. The SMILES string of the molecule is O=[N+]([O-])c1cc(Cl)c(F)cc1NCCc1ccc(Br)s1. The zero-order valence-corrected chi connectivity index (χ0v) is 13.2. The monoisotopic (exact) mass is 378 g/mol. The molecule has 0 aliphatic rings. The third kappa shape index (κ3) is 3.68. The highest BCUT2D eigenvalue weighted by atomic mass is 79.9. The van der Waals surface area contributed by atoms with Gasteiger partial charge in [0.25, 0.3) is 5.69 Å². The van der Waals surface area contributed by atoms with Crippen molar-refractivity contribution in [3.05, 3.63) is 53.9 Å². The molecule has 0 spiro atoms. The van der Waals surface area contributed by atoms with Crippen molar-refractivity contribution in [2.24, 2.45) is 0 Å². The molecule has 2 aromatic rings. The lowest BCUT2D eigenvalue weighted by molar-refractivity contribution is -0.384. The summed E-state index contributed by atoms with van der Waals surface area (Å²) in [6.45, 7) is 0.467. The summed E-state index contributed by atoms with van der Waals surface area (Å²) in [5.74, 6) is -0.682. The van der Waals surface area contributed by atoms with E-state index in [2.05, 4.69) is 21.2 Å². The van der Waals surface area contributed by atoms with E-state index in [1.807, 2.05) is 12.1 Å². The minimum Gasteiger partial charge on any atom is -0.379 e. The molecule has 0 radical (unpaired) electrons. The van der Waals surface area contributed by atoms with E-state index >= 15 is 0 Å². The van der Waals surface area contributed by atoms with Crippen molar-refractivity contribution in [1.82, 2.24) is 0 Å². The summed E-state index contributed by atoms with van der Waals surface area (Å²) in [4.78, 5) is 11.4. The van der Waals surface area contributed by atoms with Crippen molar-refractivity contribution in [2.45, 2.75) is 6.42 Å². The Morgan fingerprint density at radius 3 is 2.80 bits per heavy atom. The maximum Gasteiger partial charge on any atom is 0.294 e. The smallest absolute Gasteiger partial charge is 0.294 e. The molecule has 1 heterocycles. The van der Waals surface area contributed by atoms with Gasteiger partial charge in [-0.25, -0.2) is 4.39 Å². The van der Waals surface area contributed by atoms with E-state index in [0.717, 1.165) is 20.8 Å². The number of benzene rings is 1. The summed E-state index contributed by atoms with van der Waals surface area (Å²) in [7, 11) is 0. The number of nitrogens with one attached hydrogen (secondary N) is 1. The van der Waals surface area contributed by atoms with Gasteiger partial charge in [-0.1, -0.05) is 11.6 Å². The number of anilines is 1. The van der Waals surface area contributed by atoms with Gasteiger partial charge in [0.1, 0.15) is 11.5 Å². The summed E-state index contributed by atoms with van der Waals surface area (Å²) in [6.07, 6.45) is 0.692. The van der Waals surface area contributed by atoms with Crippen LogP contribution in [0.25, 0.3) is 0 Å². The maximum absolute atomic E-state index is 13.4. The van der Waals surface area contributed by atoms with Crippen LogP contribution in [0.3, 0.4) is 0 Å². The van der Waals surface area contributed by atoms with Crippen LogP contribution < -0.4 is 5.32 Å². The molecule has 0 atom stereocenters. The number of rotatable bonds is 5. The minimum atomic E-state index is -0.682. The third-order valence-electron chi connectivity index (χ3n) is 2.55. The van der Waals surface area contributed by atoms with Crippen LogP contribution in [0, 0.1) is 15.9 Å². The van der Waals surface area contributed by atoms with E-state index in [9.17, 15) is 14.5 Å². The summed E-state index contributed by atoms with van der Waals surface area (Å²) in [5, 5.41) is 13.5. The number of nitro groups is 1. The number of nitrogens with zero attached hydrogens (tertiary/aromatic N) is 1. The average molecular weight is 380 g/mol. The van der Waals surface area contributed by atoms with Crippen molar-refractivity contribution in [3.63, 3.8) is 0 Å². The Balaban J connectivity index is 2.08. The number of halogens is 3. The van der Waals surface area contributed by atoms with Crippen molar-refractivity contribution in [2.75, 3.05) is 11.9 Å². The van der Waals surface area contributed by atoms with Crippen molar-refractivity contribution >= 4 is 50.2 Å². The highest BCUT2D eigenvalue weighted by Crippen LogP contribution is 2.30. The maximum atomic E-state index is 13.4. The zero-order valence-electron chi connectivity index (χ0n) is 10.0. The molecule has 0 aliphatic heterocycles. The van der Waals surface area contributed by atoms with Gasteiger partial charge in [0, 0.05) is 23.6 Å². The molecular formula is C12H9BrClFN2O2S. The van der Waals surface area contributed by atoms with Crippen LogP contribution in [-0.2, 0) is 6.42 Å². The van der Waals surface area contributed by atoms with Gasteiger partial charge in [-0.2, -0.15) is 0 Å². The second-order valence-electron chi connectivity index (χ2n) is 3.92. The van der Waals surface area contributed by atoms with Crippen LogP contribution in [0.5, 0.6) is 0 Å². The van der Waals surface area contributed by atoms with Gasteiger partial charge >= 0.3 is 0 Å². The van der Waals surface area contributed by atoms with E-state index in [1.165, 1.54) is 0 Å². The standard InChI is InChI=1S/C12H9BrClFN2O2S/c13-12-2-1-7(20-12)3-4-16-10-6-9(15)8(14)5-11(10)17(18)19/h1-2,5-6,16H,3-4H2. The predicted molar refractivity (Wildman–Crippen MR) is 82.3 cm³/mol. The van der Waals surface area contributed by atoms with Crippen LogP contribution in [0.2, 0.25) is 5.02 Å². The molecule has 0 bridgehead atoms. The number of hydrogen-bond donors (Lipinski definition) is 1. The van der Waals surface area contributed by atoms with Gasteiger partial charge in [0.2, 0.25) is 0 Å². The van der Waals surface area contributed by atoms with Crippen molar-refractivity contribution in [3.8, 4) is 0 Å². The summed E-state index contributed by atoms with van der Waals surface area (Å²) < 4.78 is 14.4. The van der Waals surface area contributed by atoms with E-state index in [0.29, 0.717) is 13.0 Å². The van der Waals surface area contributed by atoms with Gasteiger partial charge in [-0.3, -0.25) is 10.1 Å². The lowest BCUT2D eigenvalue weighted by atomic mass is 10.2. The highest BCUT2D eigenvalue weighted by molar-refractivity contribution is 9.11. The molecule has 106 valence electrons. The summed E-state index contributed by atoms with van der Waals surface area (Å²) >= 11 is 10.5. The first-order valence-electron chi connectivity index (χ1n) is 5.59. The molecule has 20 heavy (non-hydrogen) atoms.